The summed E-state index contributed by atoms with van der Waals surface area (Å²) in [7, 11) is 4.72. The largest absolute Gasteiger partial charge is 0.493 e. The fourth-order valence-electron chi connectivity index (χ4n) is 3.96. The number of carbonyl (C=O) groups excluding carboxylic acids is 1. The van der Waals surface area contributed by atoms with Crippen molar-refractivity contribution in [2.75, 3.05) is 27.1 Å². The molecule has 8 heteroatoms. The maximum Gasteiger partial charge on any atom is 0.263 e. The van der Waals surface area contributed by atoms with Gasteiger partial charge in [-0.25, -0.2) is 4.98 Å². The highest BCUT2D eigenvalue weighted by Crippen LogP contribution is 2.46. The zero-order valence-corrected chi connectivity index (χ0v) is 22.2. The number of amides is 1. The number of fused-ring (bicyclic) bond motifs is 1. The molecule has 7 nitrogen and oxygen atoms in total. The van der Waals surface area contributed by atoms with E-state index in [1.54, 1.807) is 21.3 Å². The summed E-state index contributed by atoms with van der Waals surface area (Å²) in [6.07, 6.45) is 0.788. The minimum absolute atomic E-state index is 0.209. The van der Waals surface area contributed by atoms with Crippen molar-refractivity contribution < 1.29 is 19.0 Å². The molecular weight excluding hydrogens is 474 g/mol. The molecule has 0 aliphatic heterocycles. The number of rotatable bonds is 8. The van der Waals surface area contributed by atoms with Gasteiger partial charge in [0.15, 0.2) is 11.5 Å². The van der Waals surface area contributed by atoms with Gasteiger partial charge in [0.05, 0.1) is 32.7 Å². The van der Waals surface area contributed by atoms with Gasteiger partial charge in [0.1, 0.15) is 9.71 Å². The van der Waals surface area contributed by atoms with E-state index in [0.29, 0.717) is 38.0 Å². The minimum atomic E-state index is -0.359. The molecule has 0 saturated heterocycles. The van der Waals surface area contributed by atoms with Crippen LogP contribution in [0.3, 0.4) is 0 Å². The topological polar surface area (TPSA) is 95.7 Å². The molecule has 0 spiro atoms. The van der Waals surface area contributed by atoms with Crippen molar-refractivity contribution in [1.29, 1.82) is 0 Å². The first-order chi connectivity index (χ1) is 17.2. The molecule has 0 saturated carbocycles. The number of thiophene rings is 1. The Morgan fingerprint density at radius 1 is 1.00 bits per heavy atom. The van der Waals surface area contributed by atoms with Crippen LogP contribution in [-0.4, -0.2) is 37.8 Å². The predicted molar refractivity (Wildman–Crippen MR) is 146 cm³/mol. The van der Waals surface area contributed by atoms with E-state index >= 15 is 0 Å². The van der Waals surface area contributed by atoms with Gasteiger partial charge in [0.25, 0.3) is 5.91 Å². The summed E-state index contributed by atoms with van der Waals surface area (Å²) in [5, 5.41) is 3.80. The number of hydrogen-bond donors (Lipinski definition) is 2. The predicted octanol–water partition coefficient (Wildman–Crippen LogP) is 6.16. The van der Waals surface area contributed by atoms with Gasteiger partial charge in [-0.15, -0.1) is 11.3 Å². The van der Waals surface area contributed by atoms with Crippen LogP contribution in [0.2, 0.25) is 0 Å². The van der Waals surface area contributed by atoms with Crippen LogP contribution in [-0.2, 0) is 0 Å². The van der Waals surface area contributed by atoms with E-state index in [1.807, 2.05) is 69.3 Å². The van der Waals surface area contributed by atoms with Crippen LogP contribution >= 0.6 is 11.3 Å². The SMILES string of the molecule is CCC(C)(C)NC(=O)c1sc2nc(-c3ccccc3)cc(-c3cc(OC)c(OC)c(OC)c3)c2c1N. The maximum absolute atomic E-state index is 13.2. The lowest BCUT2D eigenvalue weighted by Gasteiger charge is -2.24. The minimum Gasteiger partial charge on any atom is -0.493 e. The van der Waals surface area contributed by atoms with Crippen LogP contribution in [0.5, 0.6) is 17.2 Å². The summed E-state index contributed by atoms with van der Waals surface area (Å²) in [4.78, 5) is 19.3. The van der Waals surface area contributed by atoms with Gasteiger partial charge in [-0.2, -0.15) is 0 Å². The number of ether oxygens (including phenoxy) is 3. The molecule has 0 radical (unpaired) electrons. The van der Waals surface area contributed by atoms with E-state index in [-0.39, 0.29) is 11.4 Å². The van der Waals surface area contributed by atoms with E-state index in [9.17, 15) is 4.79 Å². The van der Waals surface area contributed by atoms with E-state index in [1.165, 1.54) is 11.3 Å². The smallest absolute Gasteiger partial charge is 0.263 e. The van der Waals surface area contributed by atoms with E-state index in [4.69, 9.17) is 24.9 Å². The van der Waals surface area contributed by atoms with Crippen molar-refractivity contribution in [3.8, 4) is 39.6 Å². The Balaban J connectivity index is 2.00. The van der Waals surface area contributed by atoms with Crippen LogP contribution in [0.15, 0.2) is 48.5 Å². The van der Waals surface area contributed by atoms with E-state index in [0.717, 1.165) is 28.8 Å². The number of aromatic nitrogens is 1. The van der Waals surface area contributed by atoms with Crippen molar-refractivity contribution in [3.05, 3.63) is 53.4 Å². The number of nitrogens with zero attached hydrogens (tertiary/aromatic N) is 1. The molecule has 4 aromatic rings. The highest BCUT2D eigenvalue weighted by molar-refractivity contribution is 7.21. The highest BCUT2D eigenvalue weighted by atomic mass is 32.1. The van der Waals surface area contributed by atoms with Gasteiger partial charge >= 0.3 is 0 Å². The first-order valence-electron chi connectivity index (χ1n) is 11.6. The second kappa shape index (κ2) is 10.1. The number of nitrogens with one attached hydrogen (secondary N) is 1. The maximum atomic E-state index is 13.2. The third kappa shape index (κ3) is 4.68. The van der Waals surface area contributed by atoms with Crippen molar-refractivity contribution in [2.45, 2.75) is 32.7 Å². The molecule has 0 aliphatic rings. The summed E-state index contributed by atoms with van der Waals surface area (Å²) >= 11 is 1.29. The van der Waals surface area contributed by atoms with Crippen LogP contribution < -0.4 is 25.3 Å². The standard InChI is InChI=1S/C28H31N3O4S/c1-7-28(2,3)31-26(32)25-23(29)22-18(17-13-20(33-4)24(35-6)21(14-17)34-5)15-19(30-27(22)36-25)16-11-9-8-10-12-16/h8-15H,7,29H2,1-6H3,(H,31,32). The molecule has 0 aliphatic carbocycles. The number of hydrogen-bond acceptors (Lipinski definition) is 7. The first-order valence-corrected chi connectivity index (χ1v) is 12.5. The molecule has 0 fully saturated rings. The quantitative estimate of drug-likeness (QED) is 0.298. The van der Waals surface area contributed by atoms with Gasteiger partial charge in [-0.3, -0.25) is 4.79 Å². The Labute approximate surface area is 215 Å². The fraction of sp³-hybridized carbons (Fsp3) is 0.286. The zero-order chi connectivity index (χ0) is 26.0. The summed E-state index contributed by atoms with van der Waals surface area (Å²) in [5.74, 6) is 1.33. The summed E-state index contributed by atoms with van der Waals surface area (Å²) in [6.45, 7) is 6.01. The molecule has 2 aromatic carbocycles. The molecule has 0 bridgehead atoms. The second-order valence-corrected chi connectivity index (χ2v) is 10.1. The highest BCUT2D eigenvalue weighted by Gasteiger charge is 2.26. The first kappa shape index (κ1) is 25.3. The Kier molecular flexibility index (Phi) is 7.08. The molecule has 4 rings (SSSR count). The molecule has 1 amide bonds. The summed E-state index contributed by atoms with van der Waals surface area (Å²) < 4.78 is 16.7. The van der Waals surface area contributed by atoms with Crippen molar-refractivity contribution >= 4 is 33.1 Å². The fourth-order valence-corrected chi connectivity index (χ4v) is 4.98. The number of methoxy groups -OCH3 is 3. The lowest BCUT2D eigenvalue weighted by atomic mass is 9.98. The van der Waals surface area contributed by atoms with Gasteiger partial charge in [-0.05, 0) is 49.6 Å². The average molecular weight is 506 g/mol. The van der Waals surface area contributed by atoms with Gasteiger partial charge in [0, 0.05) is 16.5 Å². The number of anilines is 1. The Hall–Kier alpha value is -3.78. The Morgan fingerprint density at radius 3 is 2.19 bits per heavy atom. The van der Waals surface area contributed by atoms with Crippen LogP contribution in [0.4, 0.5) is 5.69 Å². The van der Waals surface area contributed by atoms with E-state index in [2.05, 4.69) is 5.32 Å². The Bertz CT molecular complexity index is 1390. The summed E-state index contributed by atoms with van der Waals surface area (Å²) in [5.41, 5.74) is 10.0. The molecule has 0 unspecified atom stereocenters. The zero-order valence-electron chi connectivity index (χ0n) is 21.4. The van der Waals surface area contributed by atoms with Gasteiger partial charge in [-0.1, -0.05) is 37.3 Å². The number of benzene rings is 2. The third-order valence-corrected chi connectivity index (χ3v) is 7.38. The van der Waals surface area contributed by atoms with Crippen molar-refractivity contribution in [3.63, 3.8) is 0 Å². The van der Waals surface area contributed by atoms with E-state index < -0.39 is 0 Å². The van der Waals surface area contributed by atoms with Gasteiger partial charge < -0.3 is 25.3 Å². The van der Waals surface area contributed by atoms with Crippen LogP contribution in [0.1, 0.15) is 36.9 Å². The molecular formula is C28H31N3O4S. The molecule has 36 heavy (non-hydrogen) atoms. The lowest BCUT2D eigenvalue weighted by Crippen LogP contribution is -2.42. The average Bonchev–Trinajstić information content (AvgIpc) is 3.23. The van der Waals surface area contributed by atoms with Crippen LogP contribution in [0, 0.1) is 0 Å². The molecule has 0 atom stereocenters. The van der Waals surface area contributed by atoms with Crippen LogP contribution in [0.25, 0.3) is 32.6 Å². The van der Waals surface area contributed by atoms with Crippen molar-refractivity contribution in [2.24, 2.45) is 0 Å². The molecule has 3 N–H and O–H groups in total. The lowest BCUT2D eigenvalue weighted by molar-refractivity contribution is 0.0916. The Morgan fingerprint density at radius 2 is 1.64 bits per heavy atom. The monoisotopic (exact) mass is 505 g/mol. The normalized spacial score (nSPS) is 11.4. The molecule has 2 heterocycles. The summed E-state index contributed by atoms with van der Waals surface area (Å²) in [6, 6.07) is 15.6. The molecule has 188 valence electrons. The number of carbonyl (C=O) groups is 1. The number of nitrogens with two attached hydrogens (primary N) is 1. The number of nitrogen functional groups attached to an aromatic ring is 1. The number of pyridine rings is 1. The van der Waals surface area contributed by atoms with Gasteiger partial charge in [0.2, 0.25) is 5.75 Å². The second-order valence-electron chi connectivity index (χ2n) is 9.05. The van der Waals surface area contributed by atoms with Crippen molar-refractivity contribution in [1.82, 2.24) is 10.3 Å². The third-order valence-electron chi connectivity index (χ3n) is 6.29. The molecule has 2 aromatic heterocycles.